The Morgan fingerprint density at radius 1 is 1.26 bits per heavy atom. The maximum atomic E-state index is 12.8. The van der Waals surface area contributed by atoms with Gasteiger partial charge in [0.15, 0.2) is 0 Å². The lowest BCUT2D eigenvalue weighted by molar-refractivity contribution is -0.164. The third kappa shape index (κ3) is 2.13. The Labute approximate surface area is 113 Å². The predicted octanol–water partition coefficient (Wildman–Crippen LogP) is 1.79. The van der Waals surface area contributed by atoms with Gasteiger partial charge in [-0.3, -0.25) is 9.59 Å². The molecule has 1 N–H and O–H groups in total. The monoisotopic (exact) mass is 270 g/mol. The molecule has 2 fully saturated rings. The summed E-state index contributed by atoms with van der Waals surface area (Å²) in [4.78, 5) is 26.7. The summed E-state index contributed by atoms with van der Waals surface area (Å²) in [5, 5.41) is 2.96. The summed E-state index contributed by atoms with van der Waals surface area (Å²) in [5.41, 5.74) is -1.68. The first kappa shape index (κ1) is 14.3. The van der Waals surface area contributed by atoms with E-state index in [9.17, 15) is 14.0 Å². The topological polar surface area (TPSA) is 49.4 Å². The summed E-state index contributed by atoms with van der Waals surface area (Å²) in [6.45, 7) is 2.99. The van der Waals surface area contributed by atoms with Crippen molar-refractivity contribution in [1.82, 2.24) is 10.2 Å². The van der Waals surface area contributed by atoms with Gasteiger partial charge in [0.05, 0.1) is 6.54 Å². The molecule has 1 saturated carbocycles. The molecular formula is C14H23FN2O2. The van der Waals surface area contributed by atoms with Crippen molar-refractivity contribution < 1.29 is 14.0 Å². The molecule has 1 saturated heterocycles. The highest BCUT2D eigenvalue weighted by atomic mass is 19.1. The Bertz CT molecular complexity index is 380. The molecule has 2 amide bonds. The highest BCUT2D eigenvalue weighted by molar-refractivity contribution is 6.02. The number of nitrogens with one attached hydrogen (secondary N) is 1. The maximum Gasteiger partial charge on any atom is 0.249 e. The largest absolute Gasteiger partial charge is 0.340 e. The standard InChI is InChI=1S/C14H23FN2O2/c1-3-13(2)11(18)16-14(7-5-4-6-8-14)12(19)17(13)10-9-15/h3-10H2,1-2H3,(H,16,18). The van der Waals surface area contributed by atoms with E-state index >= 15 is 0 Å². The second-order valence-electron chi connectivity index (χ2n) is 5.87. The van der Waals surface area contributed by atoms with Gasteiger partial charge in [0, 0.05) is 0 Å². The Hall–Kier alpha value is -1.13. The van der Waals surface area contributed by atoms with Gasteiger partial charge in [-0.15, -0.1) is 0 Å². The lowest BCUT2D eigenvalue weighted by Gasteiger charge is -2.52. The van der Waals surface area contributed by atoms with Crippen LogP contribution in [0.25, 0.3) is 0 Å². The van der Waals surface area contributed by atoms with Crippen LogP contribution in [0, 0.1) is 0 Å². The molecule has 0 aromatic carbocycles. The van der Waals surface area contributed by atoms with Crippen molar-refractivity contribution in [2.24, 2.45) is 0 Å². The summed E-state index contributed by atoms with van der Waals surface area (Å²) in [7, 11) is 0. The molecule has 108 valence electrons. The lowest BCUT2D eigenvalue weighted by Crippen LogP contribution is -2.75. The maximum absolute atomic E-state index is 12.8. The van der Waals surface area contributed by atoms with Crippen LogP contribution in [0.4, 0.5) is 4.39 Å². The number of nitrogens with zero attached hydrogens (tertiary/aromatic N) is 1. The van der Waals surface area contributed by atoms with E-state index in [1.54, 1.807) is 6.92 Å². The smallest absolute Gasteiger partial charge is 0.249 e. The predicted molar refractivity (Wildman–Crippen MR) is 70.3 cm³/mol. The number of carbonyl (C=O) groups is 2. The first-order chi connectivity index (χ1) is 9.00. The highest BCUT2D eigenvalue weighted by Crippen LogP contribution is 2.37. The Balaban J connectivity index is 2.34. The zero-order valence-electron chi connectivity index (χ0n) is 11.8. The molecule has 0 aromatic heterocycles. The summed E-state index contributed by atoms with van der Waals surface area (Å²) in [6, 6.07) is 0. The summed E-state index contributed by atoms with van der Waals surface area (Å²) < 4.78 is 12.8. The van der Waals surface area contributed by atoms with E-state index in [1.165, 1.54) is 4.90 Å². The molecule has 1 aliphatic carbocycles. The molecule has 0 aromatic rings. The van der Waals surface area contributed by atoms with Crippen LogP contribution in [0.15, 0.2) is 0 Å². The summed E-state index contributed by atoms with van der Waals surface area (Å²) in [5.74, 6) is -0.223. The minimum atomic E-state index is -0.911. The SMILES string of the molecule is CCC1(C)C(=O)NC2(CCCCC2)C(=O)N1CCF. The fourth-order valence-electron chi connectivity index (χ4n) is 3.29. The number of hydrogen-bond acceptors (Lipinski definition) is 2. The van der Waals surface area contributed by atoms with Crippen LogP contribution in [0.3, 0.4) is 0 Å². The fraction of sp³-hybridized carbons (Fsp3) is 0.857. The number of piperazine rings is 1. The number of alkyl halides is 1. The van der Waals surface area contributed by atoms with Gasteiger partial charge in [-0.2, -0.15) is 0 Å². The van der Waals surface area contributed by atoms with E-state index in [4.69, 9.17) is 0 Å². The van der Waals surface area contributed by atoms with Crippen molar-refractivity contribution in [3.8, 4) is 0 Å². The average molecular weight is 270 g/mol. The molecule has 2 aliphatic rings. The van der Waals surface area contributed by atoms with E-state index in [0.29, 0.717) is 19.3 Å². The van der Waals surface area contributed by atoms with Crippen molar-refractivity contribution in [2.75, 3.05) is 13.2 Å². The number of carbonyl (C=O) groups excluding carboxylic acids is 2. The second-order valence-corrected chi connectivity index (χ2v) is 5.87. The lowest BCUT2D eigenvalue weighted by atomic mass is 9.76. The Morgan fingerprint density at radius 3 is 2.42 bits per heavy atom. The number of amides is 2. The molecule has 1 spiro atoms. The van der Waals surface area contributed by atoms with Crippen LogP contribution in [-0.4, -0.2) is 41.0 Å². The van der Waals surface area contributed by atoms with Crippen LogP contribution in [0.2, 0.25) is 0 Å². The van der Waals surface area contributed by atoms with E-state index in [1.807, 2.05) is 6.92 Å². The van der Waals surface area contributed by atoms with Crippen molar-refractivity contribution in [3.63, 3.8) is 0 Å². The van der Waals surface area contributed by atoms with Crippen molar-refractivity contribution in [3.05, 3.63) is 0 Å². The molecule has 2 rings (SSSR count). The minimum absolute atomic E-state index is 0.0122. The van der Waals surface area contributed by atoms with Gasteiger partial charge in [-0.05, 0) is 26.2 Å². The number of halogens is 1. The van der Waals surface area contributed by atoms with E-state index < -0.39 is 17.8 Å². The van der Waals surface area contributed by atoms with E-state index in [2.05, 4.69) is 5.32 Å². The van der Waals surface area contributed by atoms with Gasteiger partial charge in [-0.25, -0.2) is 4.39 Å². The van der Waals surface area contributed by atoms with Gasteiger partial charge in [0.1, 0.15) is 17.8 Å². The van der Waals surface area contributed by atoms with Gasteiger partial charge < -0.3 is 10.2 Å². The molecule has 0 bridgehead atoms. The van der Waals surface area contributed by atoms with Crippen molar-refractivity contribution in [2.45, 2.75) is 63.5 Å². The van der Waals surface area contributed by atoms with Gasteiger partial charge in [-0.1, -0.05) is 26.2 Å². The van der Waals surface area contributed by atoms with E-state index in [-0.39, 0.29) is 18.4 Å². The van der Waals surface area contributed by atoms with Crippen LogP contribution in [0.1, 0.15) is 52.4 Å². The van der Waals surface area contributed by atoms with Gasteiger partial charge in [0.25, 0.3) is 0 Å². The molecule has 1 heterocycles. The third-order valence-electron chi connectivity index (χ3n) is 4.80. The number of rotatable bonds is 3. The number of hydrogen-bond donors (Lipinski definition) is 1. The molecule has 0 radical (unpaired) electrons. The second kappa shape index (κ2) is 5.10. The van der Waals surface area contributed by atoms with E-state index in [0.717, 1.165) is 19.3 Å². The van der Waals surface area contributed by atoms with Gasteiger partial charge >= 0.3 is 0 Å². The van der Waals surface area contributed by atoms with Crippen LogP contribution in [0.5, 0.6) is 0 Å². The molecule has 5 heteroatoms. The van der Waals surface area contributed by atoms with Crippen molar-refractivity contribution >= 4 is 11.8 Å². The molecular weight excluding hydrogens is 247 g/mol. The summed E-state index contributed by atoms with van der Waals surface area (Å²) >= 11 is 0. The quantitative estimate of drug-likeness (QED) is 0.850. The summed E-state index contributed by atoms with van der Waals surface area (Å²) in [6.07, 6.45) is 4.84. The fourth-order valence-corrected chi connectivity index (χ4v) is 3.29. The van der Waals surface area contributed by atoms with Gasteiger partial charge in [0.2, 0.25) is 11.8 Å². The van der Waals surface area contributed by atoms with Crippen LogP contribution in [-0.2, 0) is 9.59 Å². The first-order valence-electron chi connectivity index (χ1n) is 7.21. The molecule has 1 aliphatic heterocycles. The minimum Gasteiger partial charge on any atom is -0.340 e. The first-order valence-corrected chi connectivity index (χ1v) is 7.21. The third-order valence-corrected chi connectivity index (χ3v) is 4.80. The molecule has 1 atom stereocenters. The van der Waals surface area contributed by atoms with Crippen molar-refractivity contribution in [1.29, 1.82) is 0 Å². The highest BCUT2D eigenvalue weighted by Gasteiger charge is 2.55. The average Bonchev–Trinajstić information content (AvgIpc) is 2.43. The van der Waals surface area contributed by atoms with Crippen LogP contribution >= 0.6 is 0 Å². The van der Waals surface area contributed by atoms with Crippen LogP contribution < -0.4 is 5.32 Å². The zero-order chi connectivity index (χ0) is 14.1. The molecule has 19 heavy (non-hydrogen) atoms. The Kier molecular flexibility index (Phi) is 3.83. The molecule has 4 nitrogen and oxygen atoms in total. The zero-order valence-corrected chi connectivity index (χ0v) is 11.8. The Morgan fingerprint density at radius 2 is 1.89 bits per heavy atom. The molecule has 1 unspecified atom stereocenters. The normalized spacial score (nSPS) is 30.6.